The molecule has 0 heterocycles. The van der Waals surface area contributed by atoms with Crippen LogP contribution in [0, 0.1) is 0 Å². The zero-order valence-corrected chi connectivity index (χ0v) is 50.4. The fraction of sp³-hybridized carbons (Fsp3) is 0.941. The second kappa shape index (κ2) is 64.1. The molecule has 440 valence electrons. The maximum atomic E-state index is 12.5. The van der Waals surface area contributed by atoms with Crippen LogP contribution in [0.15, 0.2) is 12.2 Å². The first-order valence-electron chi connectivity index (χ1n) is 33.9. The standard InChI is InChI=1S/C68H133NO5/c1-3-5-7-9-11-13-15-17-34-38-42-46-50-54-58-62-68(73)74-63-59-55-51-47-43-39-36-33-31-29-27-25-23-21-19-18-20-22-24-26-28-30-32-35-37-41-45-49-53-57-61-67(72)69-65(64-70)66(71)60-56-52-48-44-40-16-14-12-10-8-6-4-2/h19,21,65-66,70-71H,3-18,20,22-64H2,1-2H3,(H,69,72)/b21-19-. The number of allylic oxidation sites excluding steroid dienone is 2. The van der Waals surface area contributed by atoms with Crippen LogP contribution in [0.3, 0.4) is 0 Å². The van der Waals surface area contributed by atoms with Gasteiger partial charge in [-0.05, 0) is 51.4 Å². The van der Waals surface area contributed by atoms with Crippen LogP contribution in [0.25, 0.3) is 0 Å². The summed E-state index contributed by atoms with van der Waals surface area (Å²) in [6, 6.07) is -0.538. The van der Waals surface area contributed by atoms with Gasteiger partial charge in [-0.1, -0.05) is 334 Å². The van der Waals surface area contributed by atoms with E-state index < -0.39 is 12.1 Å². The summed E-state index contributed by atoms with van der Waals surface area (Å²) in [5, 5.41) is 23.2. The number of carbonyl (C=O) groups is 2. The molecule has 0 aliphatic heterocycles. The molecule has 6 heteroatoms. The Kier molecular flexibility index (Phi) is 62.9. The highest BCUT2D eigenvalue weighted by atomic mass is 16.5. The van der Waals surface area contributed by atoms with Gasteiger partial charge in [0.05, 0.1) is 25.4 Å². The van der Waals surface area contributed by atoms with Crippen molar-refractivity contribution in [2.45, 2.75) is 398 Å². The van der Waals surface area contributed by atoms with Crippen molar-refractivity contribution >= 4 is 11.9 Å². The molecule has 6 nitrogen and oxygen atoms in total. The molecule has 0 aromatic carbocycles. The van der Waals surface area contributed by atoms with E-state index in [1.807, 2.05) is 0 Å². The molecule has 1 amide bonds. The molecule has 2 unspecified atom stereocenters. The summed E-state index contributed by atoms with van der Waals surface area (Å²) in [5.41, 5.74) is 0. The third-order valence-corrected chi connectivity index (χ3v) is 16.1. The molecule has 0 aromatic rings. The number of unbranched alkanes of at least 4 members (excludes halogenated alkanes) is 51. The minimum absolute atomic E-state index is 0.0208. The highest BCUT2D eigenvalue weighted by Crippen LogP contribution is 2.19. The van der Waals surface area contributed by atoms with Gasteiger partial charge in [0.2, 0.25) is 5.91 Å². The van der Waals surface area contributed by atoms with E-state index in [1.165, 1.54) is 315 Å². The van der Waals surface area contributed by atoms with Crippen molar-refractivity contribution < 1.29 is 24.5 Å². The lowest BCUT2D eigenvalue weighted by Gasteiger charge is -2.22. The van der Waals surface area contributed by atoms with E-state index in [1.54, 1.807) is 0 Å². The number of carbonyl (C=O) groups excluding carboxylic acids is 2. The second-order valence-electron chi connectivity index (χ2n) is 23.5. The van der Waals surface area contributed by atoms with E-state index in [0.717, 1.165) is 38.5 Å². The van der Waals surface area contributed by atoms with Gasteiger partial charge in [-0.3, -0.25) is 9.59 Å². The smallest absolute Gasteiger partial charge is 0.305 e. The first kappa shape index (κ1) is 72.6. The molecular weight excluding hydrogens is 911 g/mol. The van der Waals surface area contributed by atoms with Crippen LogP contribution in [-0.2, 0) is 14.3 Å². The van der Waals surface area contributed by atoms with E-state index in [-0.39, 0.29) is 18.5 Å². The average Bonchev–Trinajstić information content (AvgIpc) is 3.40. The highest BCUT2D eigenvalue weighted by molar-refractivity contribution is 5.76. The summed E-state index contributed by atoms with van der Waals surface area (Å²) in [6.07, 6.45) is 78.3. The Morgan fingerprint density at radius 1 is 0.365 bits per heavy atom. The number of ether oxygens (including phenoxy) is 1. The molecule has 0 aromatic heterocycles. The summed E-state index contributed by atoms with van der Waals surface area (Å²) in [4.78, 5) is 24.5. The largest absolute Gasteiger partial charge is 0.466 e. The number of aliphatic hydroxyl groups is 2. The highest BCUT2D eigenvalue weighted by Gasteiger charge is 2.20. The van der Waals surface area contributed by atoms with E-state index in [9.17, 15) is 19.8 Å². The molecule has 0 rings (SSSR count). The Morgan fingerprint density at radius 2 is 0.635 bits per heavy atom. The van der Waals surface area contributed by atoms with Crippen molar-refractivity contribution in [3.8, 4) is 0 Å². The SMILES string of the molecule is CCCCCCCCCCCCCCCCCC(=O)OCCCCCCCCCCCCCC/C=C\CCCCCCCCCCCCCCCCC(=O)NC(CO)C(O)CCCCCCCCCCCCCC. The van der Waals surface area contributed by atoms with Crippen LogP contribution >= 0.6 is 0 Å². The minimum Gasteiger partial charge on any atom is -0.466 e. The zero-order chi connectivity index (χ0) is 53.6. The van der Waals surface area contributed by atoms with Gasteiger partial charge in [0.15, 0.2) is 0 Å². The molecule has 0 aliphatic carbocycles. The summed E-state index contributed by atoms with van der Waals surface area (Å²) >= 11 is 0. The summed E-state index contributed by atoms with van der Waals surface area (Å²) < 4.78 is 5.50. The Labute approximate surface area is 463 Å². The Balaban J connectivity index is 3.33. The molecule has 0 spiro atoms. The Hall–Kier alpha value is -1.40. The fourth-order valence-electron chi connectivity index (χ4n) is 10.9. The van der Waals surface area contributed by atoms with Gasteiger partial charge < -0.3 is 20.3 Å². The fourth-order valence-corrected chi connectivity index (χ4v) is 10.9. The van der Waals surface area contributed by atoms with Crippen molar-refractivity contribution in [3.05, 3.63) is 12.2 Å². The summed E-state index contributed by atoms with van der Waals surface area (Å²) in [5.74, 6) is -0.0111. The summed E-state index contributed by atoms with van der Waals surface area (Å²) in [6.45, 7) is 4.98. The summed E-state index contributed by atoms with van der Waals surface area (Å²) in [7, 11) is 0. The number of amides is 1. The zero-order valence-electron chi connectivity index (χ0n) is 50.4. The minimum atomic E-state index is -0.661. The van der Waals surface area contributed by atoms with Gasteiger partial charge in [-0.25, -0.2) is 0 Å². The lowest BCUT2D eigenvalue weighted by Crippen LogP contribution is -2.45. The van der Waals surface area contributed by atoms with Crippen LogP contribution in [0.4, 0.5) is 0 Å². The average molecular weight is 1040 g/mol. The third kappa shape index (κ3) is 59.8. The molecule has 3 N–H and O–H groups in total. The quantitative estimate of drug-likeness (QED) is 0.0320. The lowest BCUT2D eigenvalue weighted by atomic mass is 10.0. The predicted molar refractivity (Wildman–Crippen MR) is 324 cm³/mol. The Bertz CT molecular complexity index is 1110. The van der Waals surface area contributed by atoms with Crippen LogP contribution < -0.4 is 5.32 Å². The molecule has 0 fully saturated rings. The Morgan fingerprint density at radius 3 is 0.959 bits per heavy atom. The molecule has 0 aliphatic rings. The van der Waals surface area contributed by atoms with Gasteiger partial charge >= 0.3 is 5.97 Å². The van der Waals surface area contributed by atoms with E-state index in [2.05, 4.69) is 31.3 Å². The van der Waals surface area contributed by atoms with E-state index >= 15 is 0 Å². The molecule has 0 radical (unpaired) electrons. The van der Waals surface area contributed by atoms with Gasteiger partial charge in [0.25, 0.3) is 0 Å². The normalized spacial score (nSPS) is 12.5. The lowest BCUT2D eigenvalue weighted by molar-refractivity contribution is -0.143. The van der Waals surface area contributed by atoms with E-state index in [0.29, 0.717) is 25.9 Å². The van der Waals surface area contributed by atoms with Gasteiger partial charge in [0.1, 0.15) is 0 Å². The van der Waals surface area contributed by atoms with Crippen LogP contribution in [-0.4, -0.2) is 47.4 Å². The number of nitrogens with one attached hydrogen (secondary N) is 1. The predicted octanol–water partition coefficient (Wildman–Crippen LogP) is 21.6. The first-order valence-corrected chi connectivity index (χ1v) is 33.9. The van der Waals surface area contributed by atoms with Crippen LogP contribution in [0.5, 0.6) is 0 Å². The second-order valence-corrected chi connectivity index (χ2v) is 23.5. The van der Waals surface area contributed by atoms with Crippen LogP contribution in [0.2, 0.25) is 0 Å². The molecular formula is C68H133NO5. The maximum Gasteiger partial charge on any atom is 0.305 e. The molecule has 0 bridgehead atoms. The number of aliphatic hydroxyl groups excluding tert-OH is 2. The topological polar surface area (TPSA) is 95.9 Å². The maximum absolute atomic E-state index is 12.5. The monoisotopic (exact) mass is 1040 g/mol. The van der Waals surface area contributed by atoms with E-state index in [4.69, 9.17) is 4.74 Å². The van der Waals surface area contributed by atoms with Crippen molar-refractivity contribution in [1.82, 2.24) is 5.32 Å². The van der Waals surface area contributed by atoms with Crippen molar-refractivity contribution in [3.63, 3.8) is 0 Å². The molecule has 74 heavy (non-hydrogen) atoms. The number of hydrogen-bond donors (Lipinski definition) is 3. The first-order chi connectivity index (χ1) is 36.5. The van der Waals surface area contributed by atoms with Crippen LogP contribution in [0.1, 0.15) is 386 Å². The van der Waals surface area contributed by atoms with Crippen molar-refractivity contribution in [2.24, 2.45) is 0 Å². The third-order valence-electron chi connectivity index (χ3n) is 16.1. The number of hydrogen-bond acceptors (Lipinski definition) is 5. The van der Waals surface area contributed by atoms with Gasteiger partial charge in [0, 0.05) is 12.8 Å². The molecule has 0 saturated carbocycles. The molecule has 2 atom stereocenters. The number of rotatable bonds is 64. The van der Waals surface area contributed by atoms with Gasteiger partial charge in [-0.2, -0.15) is 0 Å². The molecule has 0 saturated heterocycles. The van der Waals surface area contributed by atoms with Gasteiger partial charge in [-0.15, -0.1) is 0 Å². The van der Waals surface area contributed by atoms with Crippen molar-refractivity contribution in [1.29, 1.82) is 0 Å². The van der Waals surface area contributed by atoms with Crippen molar-refractivity contribution in [2.75, 3.05) is 13.2 Å². The number of esters is 1.